The maximum Gasteiger partial charge on any atom is 0.227 e. The number of para-hydroxylation sites is 1. The number of nitrogens with zero attached hydrogens (tertiary/aromatic N) is 4. The second-order valence-electron chi connectivity index (χ2n) is 7.64. The van der Waals surface area contributed by atoms with Gasteiger partial charge in [-0.05, 0) is 49.7 Å². The summed E-state index contributed by atoms with van der Waals surface area (Å²) in [5, 5.41) is 11.9. The lowest BCUT2D eigenvalue weighted by atomic mass is 10.1. The predicted octanol–water partition coefficient (Wildman–Crippen LogP) is 3.06. The first-order valence-corrected chi connectivity index (χ1v) is 10.8. The van der Waals surface area contributed by atoms with Gasteiger partial charge < -0.3 is 10.2 Å². The van der Waals surface area contributed by atoms with Crippen LogP contribution in [0.5, 0.6) is 0 Å². The largest absolute Gasteiger partial charge is 0.354 e. The molecule has 1 unspecified atom stereocenters. The molecule has 0 saturated carbocycles. The smallest absolute Gasteiger partial charge is 0.227 e. The van der Waals surface area contributed by atoms with Crippen molar-refractivity contribution in [2.45, 2.75) is 38.1 Å². The lowest BCUT2D eigenvalue weighted by Crippen LogP contribution is -2.37. The van der Waals surface area contributed by atoms with Crippen molar-refractivity contribution in [3.8, 4) is 6.07 Å². The first-order chi connectivity index (χ1) is 15.2. The summed E-state index contributed by atoms with van der Waals surface area (Å²) in [5.41, 5.74) is 1.83. The van der Waals surface area contributed by atoms with Gasteiger partial charge in [0.2, 0.25) is 11.8 Å². The van der Waals surface area contributed by atoms with Crippen LogP contribution in [0.4, 0.5) is 5.69 Å². The van der Waals surface area contributed by atoms with E-state index in [0.29, 0.717) is 13.1 Å². The Balaban J connectivity index is 1.54. The number of carbonyl (C=O) groups excluding carboxylic acids is 2. The zero-order valence-corrected chi connectivity index (χ0v) is 17.7. The van der Waals surface area contributed by atoms with Crippen molar-refractivity contribution < 1.29 is 9.59 Å². The van der Waals surface area contributed by atoms with Gasteiger partial charge >= 0.3 is 0 Å². The number of rotatable bonds is 10. The molecule has 1 saturated heterocycles. The molecular formula is C24H29N5O2. The minimum atomic E-state index is -0.153. The van der Waals surface area contributed by atoms with Gasteiger partial charge in [-0.15, -0.1) is 0 Å². The van der Waals surface area contributed by atoms with Crippen molar-refractivity contribution in [1.29, 1.82) is 5.26 Å². The number of carbonyl (C=O) groups is 2. The van der Waals surface area contributed by atoms with E-state index in [0.717, 1.165) is 37.2 Å². The molecule has 3 rings (SSSR count). The Labute approximate surface area is 183 Å². The van der Waals surface area contributed by atoms with E-state index in [9.17, 15) is 9.59 Å². The number of nitriles is 1. The molecule has 0 bridgehead atoms. The van der Waals surface area contributed by atoms with Crippen LogP contribution in [-0.2, 0) is 9.59 Å². The van der Waals surface area contributed by atoms with Crippen molar-refractivity contribution in [3.05, 3.63) is 60.4 Å². The molecule has 0 spiro atoms. The van der Waals surface area contributed by atoms with Gasteiger partial charge in [-0.2, -0.15) is 5.26 Å². The lowest BCUT2D eigenvalue weighted by Gasteiger charge is -2.28. The minimum Gasteiger partial charge on any atom is -0.354 e. The molecule has 0 radical (unpaired) electrons. The van der Waals surface area contributed by atoms with Crippen molar-refractivity contribution in [3.63, 3.8) is 0 Å². The highest BCUT2D eigenvalue weighted by atomic mass is 16.2. The first-order valence-electron chi connectivity index (χ1n) is 10.8. The van der Waals surface area contributed by atoms with Gasteiger partial charge in [0.15, 0.2) is 0 Å². The minimum absolute atomic E-state index is 0.0901. The zero-order chi connectivity index (χ0) is 21.9. The Bertz CT molecular complexity index is 876. The van der Waals surface area contributed by atoms with Crippen LogP contribution in [0.25, 0.3) is 0 Å². The van der Waals surface area contributed by atoms with Gasteiger partial charge in [-0.3, -0.25) is 19.5 Å². The summed E-state index contributed by atoms with van der Waals surface area (Å²) in [6, 6.07) is 15.4. The molecule has 1 atom stereocenters. The first kappa shape index (κ1) is 22.4. The van der Waals surface area contributed by atoms with Gasteiger partial charge in [0.1, 0.15) is 0 Å². The Hall–Kier alpha value is -3.24. The van der Waals surface area contributed by atoms with Gasteiger partial charge in [0.05, 0.1) is 18.5 Å². The monoisotopic (exact) mass is 419 g/mol. The number of aromatic nitrogens is 1. The van der Waals surface area contributed by atoms with E-state index in [1.54, 1.807) is 11.1 Å². The standard InChI is InChI=1S/C24H29N5O2/c25-13-7-17-29(21-9-2-1-3-10-21)24(31)12-11-23(30)27-19-22(28-15-4-5-16-28)20-8-6-14-26-18-20/h1-3,6,8-10,14,18,22H,4-5,7,11-12,15-17,19H2,(H,27,30). The maximum atomic E-state index is 12.7. The average Bonchev–Trinajstić information content (AvgIpc) is 3.34. The van der Waals surface area contributed by atoms with E-state index < -0.39 is 0 Å². The van der Waals surface area contributed by atoms with E-state index in [1.165, 1.54) is 0 Å². The molecule has 2 amide bonds. The molecule has 1 aliphatic rings. The molecule has 2 heterocycles. The average molecular weight is 420 g/mol. The number of benzene rings is 1. The summed E-state index contributed by atoms with van der Waals surface area (Å²) in [7, 11) is 0. The topological polar surface area (TPSA) is 89.3 Å². The molecule has 7 nitrogen and oxygen atoms in total. The van der Waals surface area contributed by atoms with Gasteiger partial charge in [-0.25, -0.2) is 0 Å². The van der Waals surface area contributed by atoms with Crippen LogP contribution in [0.15, 0.2) is 54.9 Å². The van der Waals surface area contributed by atoms with Crippen LogP contribution in [-0.4, -0.2) is 47.9 Å². The molecule has 1 aromatic carbocycles. The Morgan fingerprint density at radius 3 is 2.58 bits per heavy atom. The molecule has 2 aromatic rings. The number of amides is 2. The Morgan fingerprint density at radius 2 is 1.90 bits per heavy atom. The maximum absolute atomic E-state index is 12.7. The second-order valence-corrected chi connectivity index (χ2v) is 7.64. The quantitative estimate of drug-likeness (QED) is 0.639. The second kappa shape index (κ2) is 11.8. The summed E-state index contributed by atoms with van der Waals surface area (Å²) in [6.45, 7) is 2.84. The lowest BCUT2D eigenvalue weighted by molar-refractivity contribution is -0.125. The molecule has 1 aromatic heterocycles. The Kier molecular flexibility index (Phi) is 8.56. The highest BCUT2D eigenvalue weighted by molar-refractivity contribution is 5.95. The molecule has 0 aliphatic carbocycles. The number of anilines is 1. The van der Waals surface area contributed by atoms with Crippen LogP contribution in [0.3, 0.4) is 0 Å². The van der Waals surface area contributed by atoms with Crippen molar-refractivity contribution >= 4 is 17.5 Å². The van der Waals surface area contributed by atoms with Crippen LogP contribution in [0, 0.1) is 11.3 Å². The number of hydrogen-bond donors (Lipinski definition) is 1. The van der Waals surface area contributed by atoms with E-state index in [2.05, 4.69) is 21.3 Å². The third-order valence-electron chi connectivity index (χ3n) is 5.53. The van der Waals surface area contributed by atoms with Crippen molar-refractivity contribution in [2.24, 2.45) is 0 Å². The van der Waals surface area contributed by atoms with Crippen LogP contribution in [0.2, 0.25) is 0 Å². The van der Waals surface area contributed by atoms with E-state index in [4.69, 9.17) is 5.26 Å². The fraction of sp³-hybridized carbons (Fsp3) is 0.417. The fourth-order valence-corrected chi connectivity index (χ4v) is 3.91. The zero-order valence-electron chi connectivity index (χ0n) is 17.7. The van der Waals surface area contributed by atoms with Crippen LogP contribution >= 0.6 is 0 Å². The fourth-order valence-electron chi connectivity index (χ4n) is 3.91. The van der Waals surface area contributed by atoms with Gasteiger partial charge in [0, 0.05) is 44.0 Å². The number of likely N-dealkylation sites (tertiary alicyclic amines) is 1. The molecule has 1 fully saturated rings. The molecular weight excluding hydrogens is 390 g/mol. The van der Waals surface area contributed by atoms with Crippen molar-refractivity contribution in [2.75, 3.05) is 31.1 Å². The number of nitrogens with one attached hydrogen (secondary N) is 1. The normalized spacial score (nSPS) is 14.5. The summed E-state index contributed by atoms with van der Waals surface area (Å²) >= 11 is 0. The molecule has 1 N–H and O–H groups in total. The van der Waals surface area contributed by atoms with E-state index in [-0.39, 0.29) is 37.1 Å². The third-order valence-corrected chi connectivity index (χ3v) is 5.53. The highest BCUT2D eigenvalue weighted by Gasteiger charge is 2.24. The molecule has 1 aliphatic heterocycles. The summed E-state index contributed by atoms with van der Waals surface area (Å²) in [4.78, 5) is 33.4. The molecule has 7 heteroatoms. The van der Waals surface area contributed by atoms with Gasteiger partial charge in [0.25, 0.3) is 0 Å². The Morgan fingerprint density at radius 1 is 1.13 bits per heavy atom. The summed E-state index contributed by atoms with van der Waals surface area (Å²) in [5.74, 6) is -0.297. The SMILES string of the molecule is N#CCCN(C(=O)CCC(=O)NCC(c1cccnc1)N1CCCC1)c1ccccc1. The number of pyridine rings is 1. The van der Waals surface area contributed by atoms with Gasteiger partial charge in [-0.1, -0.05) is 24.3 Å². The third kappa shape index (κ3) is 6.63. The van der Waals surface area contributed by atoms with Crippen LogP contribution in [0.1, 0.15) is 43.7 Å². The highest BCUT2D eigenvalue weighted by Crippen LogP contribution is 2.24. The van der Waals surface area contributed by atoms with Crippen molar-refractivity contribution in [1.82, 2.24) is 15.2 Å². The summed E-state index contributed by atoms with van der Waals surface area (Å²) in [6.07, 6.45) is 6.40. The predicted molar refractivity (Wildman–Crippen MR) is 119 cm³/mol. The van der Waals surface area contributed by atoms with E-state index >= 15 is 0 Å². The van der Waals surface area contributed by atoms with E-state index in [1.807, 2.05) is 48.7 Å². The van der Waals surface area contributed by atoms with Crippen LogP contribution < -0.4 is 10.2 Å². The molecule has 162 valence electrons. The molecule has 31 heavy (non-hydrogen) atoms. The number of hydrogen-bond acceptors (Lipinski definition) is 5. The summed E-state index contributed by atoms with van der Waals surface area (Å²) < 4.78 is 0.